The van der Waals surface area contributed by atoms with Crippen molar-refractivity contribution >= 4 is 28.5 Å². The van der Waals surface area contributed by atoms with E-state index < -0.39 is 0 Å². The van der Waals surface area contributed by atoms with E-state index >= 15 is 0 Å². The number of aliphatic imine (C=N–C) groups is 1. The molecule has 0 amide bonds. The molecule has 8 aromatic carbocycles. The largest absolute Gasteiger partial charge is 0.271 e. The molecule has 3 heteroatoms. The normalized spacial score (nSPS) is 14.2. The summed E-state index contributed by atoms with van der Waals surface area (Å²) in [5.41, 5.74) is 20.1. The van der Waals surface area contributed by atoms with Gasteiger partial charge in [-0.3, -0.25) is 4.99 Å². The molecule has 9 aromatic rings. The summed E-state index contributed by atoms with van der Waals surface area (Å²) in [5, 5.41) is 0. The van der Waals surface area contributed by atoms with Gasteiger partial charge in [-0.2, -0.15) is 0 Å². The lowest BCUT2D eigenvalue weighted by Crippen LogP contribution is -2.13. The third-order valence-electron chi connectivity index (χ3n) is 11.7. The highest BCUT2D eigenvalue weighted by atomic mass is 14.9. The van der Waals surface area contributed by atoms with Crippen molar-refractivity contribution in [1.82, 2.24) is 9.97 Å². The van der Waals surface area contributed by atoms with Gasteiger partial charge < -0.3 is 0 Å². The molecule has 1 aliphatic carbocycles. The van der Waals surface area contributed by atoms with Gasteiger partial charge >= 0.3 is 0 Å². The lowest BCUT2D eigenvalue weighted by Gasteiger charge is -2.26. The third-order valence-corrected chi connectivity index (χ3v) is 11.7. The Morgan fingerprint density at radius 1 is 0.328 bits per heavy atom. The van der Waals surface area contributed by atoms with E-state index in [-0.39, 0.29) is 6.04 Å². The van der Waals surface area contributed by atoms with Crippen molar-refractivity contribution < 1.29 is 0 Å². The SMILES string of the molecule is C1=C(c2ccccc2)C2N=C(c3ccccc3)C(c3ccccc3)=C2c2ccc(-c3cccc(-c4ccc(-c5nc(-c6ccccc6)cc(-c6ccccc6)n5)cc4)c3)cc21. The van der Waals surface area contributed by atoms with Crippen molar-refractivity contribution in [3.8, 4) is 56.2 Å². The molecular weight excluding hydrogens is 739 g/mol. The molecule has 1 aliphatic heterocycles. The summed E-state index contributed by atoms with van der Waals surface area (Å²) >= 11 is 0. The van der Waals surface area contributed by atoms with Gasteiger partial charge in [-0.1, -0.05) is 206 Å². The van der Waals surface area contributed by atoms with Crippen LogP contribution in [0.15, 0.2) is 229 Å². The Labute approximate surface area is 356 Å². The Kier molecular flexibility index (Phi) is 9.25. The van der Waals surface area contributed by atoms with Crippen LogP contribution in [0.2, 0.25) is 0 Å². The first-order valence-electron chi connectivity index (χ1n) is 20.8. The van der Waals surface area contributed by atoms with E-state index in [1.165, 1.54) is 44.5 Å². The van der Waals surface area contributed by atoms with Gasteiger partial charge in [0, 0.05) is 27.8 Å². The molecule has 0 N–H and O–H groups in total. The van der Waals surface area contributed by atoms with Crippen LogP contribution in [0.3, 0.4) is 0 Å². The monoisotopic (exact) mass is 777 g/mol. The standard InChI is InChI=1S/C58H39N3/c1-6-17-40(18-7-1)51-37-49-36-48(33-34-50(49)55-54(43-23-12-4-13-24-43)56(61-57(51)55)44-25-14-5-15-26-44)47-28-16-27-46(35-47)39-29-31-45(32-30-39)58-59-52(41-19-8-2-9-20-41)38-53(60-58)42-21-10-3-11-22-42/h1-38,57H. The van der Waals surface area contributed by atoms with Gasteiger partial charge in [-0.25, -0.2) is 9.97 Å². The van der Waals surface area contributed by atoms with E-state index in [4.69, 9.17) is 15.0 Å². The molecule has 0 bridgehead atoms. The minimum absolute atomic E-state index is 0.117. The molecule has 286 valence electrons. The van der Waals surface area contributed by atoms with Crippen LogP contribution in [0.1, 0.15) is 27.8 Å². The van der Waals surface area contributed by atoms with Gasteiger partial charge in [0.15, 0.2) is 5.82 Å². The highest BCUT2D eigenvalue weighted by Gasteiger charge is 2.37. The van der Waals surface area contributed by atoms with Crippen molar-refractivity contribution in [3.63, 3.8) is 0 Å². The summed E-state index contributed by atoms with van der Waals surface area (Å²) in [6.07, 6.45) is 2.36. The second-order valence-electron chi connectivity index (χ2n) is 15.5. The van der Waals surface area contributed by atoms with E-state index in [9.17, 15) is 0 Å². The molecule has 0 saturated carbocycles. The summed E-state index contributed by atoms with van der Waals surface area (Å²) in [7, 11) is 0. The fourth-order valence-corrected chi connectivity index (χ4v) is 8.75. The van der Waals surface area contributed by atoms with Crippen LogP contribution in [0.4, 0.5) is 0 Å². The summed E-state index contributed by atoms with van der Waals surface area (Å²) < 4.78 is 0. The number of hydrogen-bond acceptors (Lipinski definition) is 3. The number of hydrogen-bond donors (Lipinski definition) is 0. The van der Waals surface area contributed by atoms with Crippen LogP contribution in [0.5, 0.6) is 0 Å². The minimum atomic E-state index is -0.117. The molecule has 1 atom stereocenters. The van der Waals surface area contributed by atoms with Gasteiger partial charge in [0.1, 0.15) is 6.04 Å². The first-order chi connectivity index (χ1) is 30.2. The molecule has 0 radical (unpaired) electrons. The van der Waals surface area contributed by atoms with Crippen molar-refractivity contribution in [2.45, 2.75) is 6.04 Å². The van der Waals surface area contributed by atoms with E-state index in [0.29, 0.717) is 5.82 Å². The summed E-state index contributed by atoms with van der Waals surface area (Å²) in [6, 6.07) is 79.1. The second kappa shape index (κ2) is 15.6. The molecule has 61 heavy (non-hydrogen) atoms. The number of fused-ring (bicyclic) bond motifs is 3. The fraction of sp³-hybridized carbons (Fsp3) is 0.0172. The summed E-state index contributed by atoms with van der Waals surface area (Å²) in [5.74, 6) is 0.703. The quantitative estimate of drug-likeness (QED) is 0.154. The Morgan fingerprint density at radius 2 is 0.787 bits per heavy atom. The first kappa shape index (κ1) is 36.1. The molecule has 2 aliphatic rings. The van der Waals surface area contributed by atoms with Crippen LogP contribution in [0, 0.1) is 0 Å². The Hall–Kier alpha value is -8.01. The average Bonchev–Trinajstić information content (AvgIpc) is 3.76. The van der Waals surface area contributed by atoms with Crippen molar-refractivity contribution in [3.05, 3.63) is 252 Å². The third kappa shape index (κ3) is 6.92. The number of aromatic nitrogens is 2. The first-order valence-corrected chi connectivity index (χ1v) is 20.8. The lowest BCUT2D eigenvalue weighted by molar-refractivity contribution is 1.08. The zero-order valence-corrected chi connectivity index (χ0v) is 33.4. The number of benzene rings is 8. The zero-order valence-electron chi connectivity index (χ0n) is 33.4. The van der Waals surface area contributed by atoms with Crippen molar-refractivity contribution in [1.29, 1.82) is 0 Å². The maximum Gasteiger partial charge on any atom is 0.160 e. The van der Waals surface area contributed by atoms with E-state index in [0.717, 1.165) is 56.0 Å². The molecule has 2 heterocycles. The number of allylic oxidation sites excluding steroid dienone is 1. The van der Waals surface area contributed by atoms with Crippen molar-refractivity contribution in [2.75, 3.05) is 0 Å². The highest BCUT2D eigenvalue weighted by Crippen LogP contribution is 2.49. The van der Waals surface area contributed by atoms with E-state index in [1.54, 1.807) is 0 Å². The molecule has 11 rings (SSSR count). The van der Waals surface area contributed by atoms with Gasteiger partial charge in [-0.05, 0) is 79.9 Å². The molecule has 1 aromatic heterocycles. The van der Waals surface area contributed by atoms with Gasteiger partial charge in [0.2, 0.25) is 0 Å². The molecule has 0 spiro atoms. The van der Waals surface area contributed by atoms with Crippen LogP contribution in [-0.4, -0.2) is 21.7 Å². The smallest absolute Gasteiger partial charge is 0.160 e. The number of rotatable bonds is 8. The van der Waals surface area contributed by atoms with Crippen LogP contribution in [-0.2, 0) is 0 Å². The predicted octanol–water partition coefficient (Wildman–Crippen LogP) is 14.1. The Balaban J connectivity index is 0.974. The topological polar surface area (TPSA) is 38.1 Å². The van der Waals surface area contributed by atoms with Gasteiger partial charge in [-0.15, -0.1) is 0 Å². The molecule has 0 saturated heterocycles. The molecule has 3 nitrogen and oxygen atoms in total. The maximum atomic E-state index is 5.55. The highest BCUT2D eigenvalue weighted by molar-refractivity contribution is 6.41. The minimum Gasteiger partial charge on any atom is -0.271 e. The van der Waals surface area contributed by atoms with Gasteiger partial charge in [0.25, 0.3) is 0 Å². The summed E-state index contributed by atoms with van der Waals surface area (Å²) in [4.78, 5) is 15.6. The van der Waals surface area contributed by atoms with E-state index in [1.807, 2.05) is 36.4 Å². The molecule has 1 unspecified atom stereocenters. The van der Waals surface area contributed by atoms with Crippen LogP contribution in [0.25, 0.3) is 79.0 Å². The molecule has 0 fully saturated rings. The Bertz CT molecular complexity index is 3080. The predicted molar refractivity (Wildman–Crippen MR) is 254 cm³/mol. The maximum absolute atomic E-state index is 5.55. The fourth-order valence-electron chi connectivity index (χ4n) is 8.75. The van der Waals surface area contributed by atoms with Gasteiger partial charge in [0.05, 0.1) is 17.1 Å². The number of nitrogens with zero attached hydrogens (tertiary/aromatic N) is 3. The van der Waals surface area contributed by atoms with Crippen LogP contribution >= 0.6 is 0 Å². The van der Waals surface area contributed by atoms with Crippen LogP contribution < -0.4 is 0 Å². The molecular formula is C58H39N3. The Morgan fingerprint density at radius 3 is 1.38 bits per heavy atom. The zero-order chi connectivity index (χ0) is 40.5. The second-order valence-corrected chi connectivity index (χ2v) is 15.5. The van der Waals surface area contributed by atoms with Crippen molar-refractivity contribution in [2.24, 2.45) is 4.99 Å². The van der Waals surface area contributed by atoms with E-state index in [2.05, 4.69) is 194 Å². The average molecular weight is 778 g/mol. The lowest BCUT2D eigenvalue weighted by atomic mass is 9.78. The summed E-state index contributed by atoms with van der Waals surface area (Å²) in [6.45, 7) is 0.